The molecule has 3 rings (SSSR count). The zero-order valence-electron chi connectivity index (χ0n) is 13.1. The summed E-state index contributed by atoms with van der Waals surface area (Å²) in [6, 6.07) is 25.3. The van der Waals surface area contributed by atoms with Gasteiger partial charge in [-0.1, -0.05) is 66.4 Å². The van der Waals surface area contributed by atoms with Crippen molar-refractivity contribution >= 4 is 6.29 Å². The molecule has 0 spiro atoms. The van der Waals surface area contributed by atoms with Gasteiger partial charge in [-0.3, -0.25) is 4.79 Å². The summed E-state index contributed by atoms with van der Waals surface area (Å²) in [4.78, 5) is 11.2. The van der Waals surface area contributed by atoms with Gasteiger partial charge in [0.15, 0.2) is 6.29 Å². The van der Waals surface area contributed by atoms with Gasteiger partial charge in [0.05, 0.1) is 5.56 Å². The van der Waals surface area contributed by atoms with Crippen molar-refractivity contribution in [3.63, 3.8) is 0 Å². The molecule has 0 aromatic heterocycles. The second-order valence-corrected chi connectivity index (χ2v) is 5.19. The second-order valence-electron chi connectivity index (χ2n) is 5.19. The molecule has 0 aliphatic heterocycles. The Morgan fingerprint density at radius 1 is 0.833 bits per heavy atom. The van der Waals surface area contributed by atoms with E-state index in [0.717, 1.165) is 23.0 Å². The lowest BCUT2D eigenvalue weighted by molar-refractivity contribution is 0.112. The SMILES string of the molecule is O=Cc1ccc(-c2ccccc2)cc1OCC#Cc1ccccc1. The summed E-state index contributed by atoms with van der Waals surface area (Å²) in [7, 11) is 0. The number of carbonyl (C=O) groups is 1. The third-order valence-electron chi connectivity index (χ3n) is 3.55. The van der Waals surface area contributed by atoms with Gasteiger partial charge in [0.1, 0.15) is 12.4 Å². The fourth-order valence-corrected chi connectivity index (χ4v) is 2.34. The molecule has 0 amide bonds. The third kappa shape index (κ3) is 3.91. The van der Waals surface area contributed by atoms with Crippen molar-refractivity contribution in [3.05, 3.63) is 90.0 Å². The van der Waals surface area contributed by atoms with Crippen LogP contribution in [0.1, 0.15) is 15.9 Å². The van der Waals surface area contributed by atoms with Gasteiger partial charge in [0, 0.05) is 5.56 Å². The molecule has 0 aliphatic carbocycles. The van der Waals surface area contributed by atoms with Crippen LogP contribution in [-0.4, -0.2) is 12.9 Å². The highest BCUT2D eigenvalue weighted by atomic mass is 16.5. The molecule has 0 bridgehead atoms. The van der Waals surface area contributed by atoms with Gasteiger partial charge in [-0.05, 0) is 35.4 Å². The van der Waals surface area contributed by atoms with Crippen LogP contribution in [0.3, 0.4) is 0 Å². The standard InChI is InChI=1S/C22H16O2/c23-17-21-14-13-20(19-11-5-2-6-12-19)16-22(21)24-15-7-10-18-8-3-1-4-9-18/h1-6,8-9,11-14,16-17H,15H2. The Labute approximate surface area is 141 Å². The molecule has 2 nitrogen and oxygen atoms in total. The van der Waals surface area contributed by atoms with Crippen molar-refractivity contribution in [2.45, 2.75) is 0 Å². The van der Waals surface area contributed by atoms with Crippen LogP contribution in [0, 0.1) is 11.8 Å². The number of ether oxygens (including phenoxy) is 1. The average molecular weight is 312 g/mol. The molecule has 0 fully saturated rings. The van der Waals surface area contributed by atoms with Crippen LogP contribution in [0.4, 0.5) is 0 Å². The van der Waals surface area contributed by atoms with E-state index < -0.39 is 0 Å². The Balaban J connectivity index is 1.77. The second kappa shape index (κ2) is 7.80. The molecule has 0 aliphatic rings. The summed E-state index contributed by atoms with van der Waals surface area (Å²) in [5.74, 6) is 6.56. The molecule has 3 aromatic rings. The summed E-state index contributed by atoms with van der Waals surface area (Å²) < 4.78 is 5.71. The summed E-state index contributed by atoms with van der Waals surface area (Å²) in [6.45, 7) is 0.230. The molecule has 0 N–H and O–H groups in total. The maximum absolute atomic E-state index is 11.2. The first-order valence-corrected chi connectivity index (χ1v) is 7.68. The third-order valence-corrected chi connectivity index (χ3v) is 3.55. The molecule has 0 heterocycles. The van der Waals surface area contributed by atoms with E-state index in [9.17, 15) is 4.79 Å². The van der Waals surface area contributed by atoms with Crippen LogP contribution in [0.5, 0.6) is 5.75 Å². The van der Waals surface area contributed by atoms with E-state index in [1.54, 1.807) is 6.07 Å². The molecule has 0 saturated carbocycles. The Bertz CT molecular complexity index is 872. The molecule has 24 heavy (non-hydrogen) atoms. The van der Waals surface area contributed by atoms with Crippen LogP contribution in [0.2, 0.25) is 0 Å². The van der Waals surface area contributed by atoms with Crippen molar-refractivity contribution in [1.29, 1.82) is 0 Å². The Kier molecular flexibility index (Phi) is 5.07. The molecular weight excluding hydrogens is 296 g/mol. The van der Waals surface area contributed by atoms with Crippen molar-refractivity contribution in [1.82, 2.24) is 0 Å². The first-order valence-electron chi connectivity index (χ1n) is 7.68. The normalized spacial score (nSPS) is 9.67. The Morgan fingerprint density at radius 3 is 2.25 bits per heavy atom. The lowest BCUT2D eigenvalue weighted by atomic mass is 10.0. The minimum atomic E-state index is 0.230. The van der Waals surface area contributed by atoms with Crippen molar-refractivity contribution in [2.75, 3.05) is 6.61 Å². The van der Waals surface area contributed by atoms with E-state index >= 15 is 0 Å². The first-order chi connectivity index (χ1) is 11.9. The number of aldehydes is 1. The van der Waals surface area contributed by atoms with E-state index in [4.69, 9.17) is 4.74 Å². The van der Waals surface area contributed by atoms with E-state index in [-0.39, 0.29) is 6.61 Å². The zero-order chi connectivity index (χ0) is 16.6. The van der Waals surface area contributed by atoms with Gasteiger partial charge in [0.25, 0.3) is 0 Å². The summed E-state index contributed by atoms with van der Waals surface area (Å²) in [5, 5.41) is 0. The van der Waals surface area contributed by atoms with E-state index in [0.29, 0.717) is 11.3 Å². The summed E-state index contributed by atoms with van der Waals surface area (Å²) in [6.07, 6.45) is 0.800. The number of hydrogen-bond acceptors (Lipinski definition) is 2. The zero-order valence-corrected chi connectivity index (χ0v) is 13.1. The largest absolute Gasteiger partial charge is 0.480 e. The lowest BCUT2D eigenvalue weighted by Gasteiger charge is -2.08. The predicted octanol–water partition coefficient (Wildman–Crippen LogP) is 4.60. The number of benzene rings is 3. The molecule has 0 atom stereocenters. The topological polar surface area (TPSA) is 26.3 Å². The van der Waals surface area contributed by atoms with E-state index in [2.05, 4.69) is 11.8 Å². The highest BCUT2D eigenvalue weighted by Gasteiger charge is 2.05. The Morgan fingerprint density at radius 2 is 1.54 bits per heavy atom. The maximum atomic E-state index is 11.2. The number of hydrogen-bond donors (Lipinski definition) is 0. The van der Waals surface area contributed by atoms with Crippen LogP contribution in [0.15, 0.2) is 78.9 Å². The van der Waals surface area contributed by atoms with Gasteiger partial charge < -0.3 is 4.74 Å². The summed E-state index contributed by atoms with van der Waals surface area (Å²) >= 11 is 0. The van der Waals surface area contributed by atoms with Crippen molar-refractivity contribution < 1.29 is 9.53 Å². The smallest absolute Gasteiger partial charge is 0.153 e. The van der Waals surface area contributed by atoms with Gasteiger partial charge in [-0.2, -0.15) is 0 Å². The highest BCUT2D eigenvalue weighted by molar-refractivity contribution is 5.81. The number of carbonyl (C=O) groups excluding carboxylic acids is 1. The minimum Gasteiger partial charge on any atom is -0.480 e. The van der Waals surface area contributed by atoms with Crippen molar-refractivity contribution in [3.8, 4) is 28.7 Å². The molecule has 116 valence electrons. The fraction of sp³-hybridized carbons (Fsp3) is 0.0455. The first kappa shape index (κ1) is 15.6. The average Bonchev–Trinajstić information content (AvgIpc) is 2.66. The molecule has 0 radical (unpaired) electrons. The van der Waals surface area contributed by atoms with Gasteiger partial charge in [0.2, 0.25) is 0 Å². The van der Waals surface area contributed by atoms with E-state index in [1.165, 1.54) is 0 Å². The van der Waals surface area contributed by atoms with Crippen LogP contribution >= 0.6 is 0 Å². The Hall–Kier alpha value is -3.31. The highest BCUT2D eigenvalue weighted by Crippen LogP contribution is 2.26. The van der Waals surface area contributed by atoms with Crippen LogP contribution in [-0.2, 0) is 0 Å². The number of rotatable bonds is 4. The van der Waals surface area contributed by atoms with Crippen LogP contribution in [0.25, 0.3) is 11.1 Å². The maximum Gasteiger partial charge on any atom is 0.153 e. The van der Waals surface area contributed by atoms with E-state index in [1.807, 2.05) is 72.8 Å². The van der Waals surface area contributed by atoms with Gasteiger partial charge >= 0.3 is 0 Å². The monoisotopic (exact) mass is 312 g/mol. The van der Waals surface area contributed by atoms with Crippen molar-refractivity contribution in [2.24, 2.45) is 0 Å². The van der Waals surface area contributed by atoms with Crippen LogP contribution < -0.4 is 4.74 Å². The predicted molar refractivity (Wildman–Crippen MR) is 96.1 cm³/mol. The molecular formula is C22H16O2. The lowest BCUT2D eigenvalue weighted by Crippen LogP contribution is -1.98. The molecule has 0 saturated heterocycles. The van der Waals surface area contributed by atoms with Gasteiger partial charge in [-0.25, -0.2) is 0 Å². The minimum absolute atomic E-state index is 0.230. The molecule has 3 aromatic carbocycles. The quantitative estimate of drug-likeness (QED) is 0.520. The summed E-state index contributed by atoms with van der Waals surface area (Å²) in [5.41, 5.74) is 3.55. The molecule has 2 heteroatoms. The molecule has 0 unspecified atom stereocenters. The van der Waals surface area contributed by atoms with Gasteiger partial charge in [-0.15, -0.1) is 0 Å². The fourth-order valence-electron chi connectivity index (χ4n) is 2.34.